The third-order valence-electron chi connectivity index (χ3n) is 3.06. The maximum atomic E-state index is 13.2. The molecule has 1 atom stereocenters. The van der Waals surface area contributed by atoms with E-state index >= 15 is 0 Å². The van der Waals surface area contributed by atoms with Gasteiger partial charge in [0.2, 0.25) is 0 Å². The van der Waals surface area contributed by atoms with E-state index in [4.69, 9.17) is 10.5 Å². The van der Waals surface area contributed by atoms with Crippen LogP contribution in [0.15, 0.2) is 24.4 Å². The highest BCUT2D eigenvalue weighted by Gasteiger charge is 2.18. The molecule has 0 radical (unpaired) electrons. The quantitative estimate of drug-likeness (QED) is 0.856. The van der Waals surface area contributed by atoms with Crippen LogP contribution >= 0.6 is 0 Å². The van der Waals surface area contributed by atoms with Gasteiger partial charge in [-0.05, 0) is 30.7 Å². The number of hydrogen-bond donors (Lipinski definition) is 1. The molecule has 102 valence electrons. The fraction of sp³-hybridized carbons (Fsp3) is 0.357. The molecule has 2 rings (SSSR count). The van der Waals surface area contributed by atoms with Crippen LogP contribution in [-0.4, -0.2) is 23.2 Å². The molecule has 0 bridgehead atoms. The molecule has 0 saturated carbocycles. The summed E-state index contributed by atoms with van der Waals surface area (Å²) in [5, 5.41) is 0.906. The molecule has 1 aromatic heterocycles. The van der Waals surface area contributed by atoms with Gasteiger partial charge in [-0.2, -0.15) is 0 Å². The summed E-state index contributed by atoms with van der Waals surface area (Å²) in [4.78, 5) is 11.5. The summed E-state index contributed by atoms with van der Waals surface area (Å²) in [6, 6.07) is 3.88. The summed E-state index contributed by atoms with van der Waals surface area (Å²) in [6.45, 7) is 2.05. The predicted molar refractivity (Wildman–Crippen MR) is 71.2 cm³/mol. The molecule has 0 aliphatic rings. The van der Waals surface area contributed by atoms with Crippen molar-refractivity contribution in [3.05, 3.63) is 35.8 Å². The van der Waals surface area contributed by atoms with Gasteiger partial charge in [-0.15, -0.1) is 0 Å². The van der Waals surface area contributed by atoms with Crippen LogP contribution in [0.5, 0.6) is 0 Å². The molecule has 4 nitrogen and oxygen atoms in total. The van der Waals surface area contributed by atoms with E-state index in [1.807, 2.05) is 17.8 Å². The van der Waals surface area contributed by atoms with E-state index in [1.54, 1.807) is 13.0 Å². The smallest absolute Gasteiger partial charge is 0.323 e. The minimum absolute atomic E-state index is 0.282. The first kappa shape index (κ1) is 13.5. The lowest BCUT2D eigenvalue weighted by Gasteiger charge is -2.09. The van der Waals surface area contributed by atoms with Gasteiger partial charge in [0.05, 0.1) is 12.1 Å². The fourth-order valence-corrected chi connectivity index (χ4v) is 2.17. The Morgan fingerprint density at radius 2 is 2.26 bits per heavy atom. The largest absolute Gasteiger partial charge is 0.465 e. The Kier molecular flexibility index (Phi) is 3.85. The van der Waals surface area contributed by atoms with Gasteiger partial charge in [0, 0.05) is 25.1 Å². The molecule has 0 amide bonds. The van der Waals surface area contributed by atoms with Crippen LogP contribution in [0.2, 0.25) is 0 Å². The number of carbonyl (C=O) groups excluding carboxylic acids is 1. The number of fused-ring (bicyclic) bond motifs is 1. The maximum Gasteiger partial charge on any atom is 0.323 e. The van der Waals surface area contributed by atoms with Crippen LogP contribution in [0, 0.1) is 5.82 Å². The number of carbonyl (C=O) groups is 1. The molecule has 0 fully saturated rings. The molecule has 0 aliphatic heterocycles. The second-order valence-electron chi connectivity index (χ2n) is 4.49. The molecule has 0 spiro atoms. The number of nitrogens with two attached hydrogens (primary N) is 1. The van der Waals surface area contributed by atoms with Crippen molar-refractivity contribution in [2.75, 3.05) is 6.61 Å². The number of aromatic nitrogens is 1. The van der Waals surface area contributed by atoms with Crippen molar-refractivity contribution >= 4 is 16.9 Å². The maximum absolute atomic E-state index is 13.2. The van der Waals surface area contributed by atoms with E-state index in [1.165, 1.54) is 12.1 Å². The van der Waals surface area contributed by atoms with Crippen molar-refractivity contribution < 1.29 is 13.9 Å². The van der Waals surface area contributed by atoms with Crippen molar-refractivity contribution in [1.82, 2.24) is 4.57 Å². The summed E-state index contributed by atoms with van der Waals surface area (Å²) in [5.41, 5.74) is 7.51. The summed E-state index contributed by atoms with van der Waals surface area (Å²) < 4.78 is 19.9. The summed E-state index contributed by atoms with van der Waals surface area (Å²) >= 11 is 0. The van der Waals surface area contributed by atoms with Gasteiger partial charge in [0.25, 0.3) is 0 Å². The number of hydrogen-bond acceptors (Lipinski definition) is 3. The SMILES string of the molecule is CCOC(=O)C(N)Cc1cn(C)c2cc(F)ccc12. The lowest BCUT2D eigenvalue weighted by Crippen LogP contribution is -2.34. The minimum atomic E-state index is -0.699. The lowest BCUT2D eigenvalue weighted by atomic mass is 10.1. The van der Waals surface area contributed by atoms with E-state index in [0.717, 1.165) is 16.5 Å². The molecule has 1 unspecified atom stereocenters. The van der Waals surface area contributed by atoms with Crippen molar-refractivity contribution in [3.63, 3.8) is 0 Å². The molecular weight excluding hydrogens is 247 g/mol. The van der Waals surface area contributed by atoms with Crippen molar-refractivity contribution in [1.29, 1.82) is 0 Å². The summed E-state index contributed by atoms with van der Waals surface area (Å²) in [7, 11) is 1.83. The fourth-order valence-electron chi connectivity index (χ4n) is 2.17. The Bertz CT molecular complexity index is 607. The number of rotatable bonds is 4. The van der Waals surface area contributed by atoms with E-state index in [2.05, 4.69) is 0 Å². The standard InChI is InChI=1S/C14H17FN2O2/c1-3-19-14(18)12(16)6-9-8-17(2)13-7-10(15)4-5-11(9)13/h4-5,7-8,12H,3,6,16H2,1-2H3. The number of aryl methyl sites for hydroxylation is 1. The second kappa shape index (κ2) is 5.40. The molecule has 1 aromatic carbocycles. The molecular formula is C14H17FN2O2. The summed E-state index contributed by atoms with van der Waals surface area (Å²) in [5.74, 6) is -0.698. The molecule has 2 aromatic rings. The lowest BCUT2D eigenvalue weighted by molar-refractivity contribution is -0.144. The first-order chi connectivity index (χ1) is 9.02. The Labute approximate surface area is 111 Å². The van der Waals surface area contributed by atoms with Gasteiger partial charge in [-0.1, -0.05) is 0 Å². The zero-order chi connectivity index (χ0) is 14.0. The number of esters is 1. The Morgan fingerprint density at radius 3 is 2.95 bits per heavy atom. The average molecular weight is 264 g/mol. The van der Waals surface area contributed by atoms with E-state index in [-0.39, 0.29) is 5.82 Å². The molecule has 0 saturated heterocycles. The van der Waals surface area contributed by atoms with Crippen LogP contribution < -0.4 is 5.73 Å². The highest BCUT2D eigenvalue weighted by atomic mass is 19.1. The van der Waals surface area contributed by atoms with Crippen molar-refractivity contribution in [3.8, 4) is 0 Å². The van der Waals surface area contributed by atoms with Crippen LogP contribution in [0.3, 0.4) is 0 Å². The Hall–Kier alpha value is -1.88. The third-order valence-corrected chi connectivity index (χ3v) is 3.06. The van der Waals surface area contributed by atoms with Crippen LogP contribution in [-0.2, 0) is 23.0 Å². The van der Waals surface area contributed by atoms with Gasteiger partial charge >= 0.3 is 5.97 Å². The van der Waals surface area contributed by atoms with Gasteiger partial charge in [0.1, 0.15) is 11.9 Å². The Morgan fingerprint density at radius 1 is 1.53 bits per heavy atom. The number of ether oxygens (including phenoxy) is 1. The second-order valence-corrected chi connectivity index (χ2v) is 4.49. The number of halogens is 1. The molecule has 19 heavy (non-hydrogen) atoms. The molecule has 1 heterocycles. The Balaban J connectivity index is 2.28. The van der Waals surface area contributed by atoms with Crippen LogP contribution in [0.1, 0.15) is 12.5 Å². The molecule has 2 N–H and O–H groups in total. The summed E-state index contributed by atoms with van der Waals surface area (Å²) in [6.07, 6.45) is 2.24. The van der Waals surface area contributed by atoms with Crippen LogP contribution in [0.4, 0.5) is 4.39 Å². The zero-order valence-corrected chi connectivity index (χ0v) is 11.0. The van der Waals surface area contributed by atoms with E-state index in [0.29, 0.717) is 13.0 Å². The van der Waals surface area contributed by atoms with Crippen LogP contribution in [0.25, 0.3) is 10.9 Å². The number of benzene rings is 1. The number of nitrogens with zero attached hydrogens (tertiary/aromatic N) is 1. The van der Waals surface area contributed by atoms with Gasteiger partial charge in [0.15, 0.2) is 0 Å². The zero-order valence-electron chi connectivity index (χ0n) is 11.0. The first-order valence-corrected chi connectivity index (χ1v) is 6.18. The first-order valence-electron chi connectivity index (χ1n) is 6.18. The topological polar surface area (TPSA) is 57.2 Å². The predicted octanol–water partition coefficient (Wildman–Crippen LogP) is 1.75. The van der Waals surface area contributed by atoms with E-state index in [9.17, 15) is 9.18 Å². The minimum Gasteiger partial charge on any atom is -0.465 e. The average Bonchev–Trinajstić information content (AvgIpc) is 2.66. The molecule has 0 aliphatic carbocycles. The van der Waals surface area contributed by atoms with Gasteiger partial charge < -0.3 is 15.0 Å². The highest BCUT2D eigenvalue weighted by Crippen LogP contribution is 2.22. The normalized spacial score (nSPS) is 12.6. The third kappa shape index (κ3) is 2.76. The van der Waals surface area contributed by atoms with Crippen molar-refractivity contribution in [2.24, 2.45) is 12.8 Å². The highest BCUT2D eigenvalue weighted by molar-refractivity contribution is 5.85. The van der Waals surface area contributed by atoms with Gasteiger partial charge in [-0.3, -0.25) is 4.79 Å². The van der Waals surface area contributed by atoms with Gasteiger partial charge in [-0.25, -0.2) is 4.39 Å². The van der Waals surface area contributed by atoms with Crippen molar-refractivity contribution in [2.45, 2.75) is 19.4 Å². The molecule has 5 heteroatoms. The van der Waals surface area contributed by atoms with E-state index < -0.39 is 12.0 Å². The monoisotopic (exact) mass is 264 g/mol.